The number of hydrogen-bond acceptors (Lipinski definition) is 8. The Balaban J connectivity index is 1.67. The highest BCUT2D eigenvalue weighted by Crippen LogP contribution is 2.44. The van der Waals surface area contributed by atoms with E-state index < -0.39 is 17.6 Å². The molecule has 0 spiro atoms. The van der Waals surface area contributed by atoms with E-state index in [0.29, 0.717) is 46.8 Å². The molecule has 0 saturated carbocycles. The maximum absolute atomic E-state index is 15.1. The second-order valence-electron chi connectivity index (χ2n) is 7.80. The van der Waals surface area contributed by atoms with E-state index in [1.165, 1.54) is 38.5 Å². The van der Waals surface area contributed by atoms with E-state index in [9.17, 15) is 9.59 Å². The zero-order valence-corrected chi connectivity index (χ0v) is 18.7. The third kappa shape index (κ3) is 3.51. The monoisotopic (exact) mass is 461 g/mol. The zero-order valence-electron chi connectivity index (χ0n) is 18.7. The van der Waals surface area contributed by atoms with Gasteiger partial charge in [0.1, 0.15) is 17.8 Å². The second-order valence-corrected chi connectivity index (χ2v) is 7.80. The second kappa shape index (κ2) is 8.18. The molecule has 1 aliphatic heterocycles. The molecule has 0 bridgehead atoms. The largest absolute Gasteiger partial charge is 0.421 e. The number of amides is 2. The van der Waals surface area contributed by atoms with E-state index in [-0.39, 0.29) is 17.6 Å². The summed E-state index contributed by atoms with van der Waals surface area (Å²) in [5, 5.41) is 3.77. The molecule has 3 aromatic heterocycles. The maximum atomic E-state index is 15.1. The van der Waals surface area contributed by atoms with Gasteiger partial charge in [0, 0.05) is 44.4 Å². The lowest BCUT2D eigenvalue weighted by atomic mass is 10.0. The standard InChI is InChI=1S/C23H20FN7O3/c1-12-6-7-26-23(29-12)34-17-5-4-15(10-16(17)24)18-19-21(30-9-8-25-20(18)30)27-11-28-22(19)31(13(2)32)14(3)33/h4-7,10-11,25H,8-9H2,1-3H3. The molecule has 0 aliphatic carbocycles. The van der Waals surface area contributed by atoms with Crippen molar-refractivity contribution in [1.29, 1.82) is 0 Å². The van der Waals surface area contributed by atoms with Gasteiger partial charge in [-0.15, -0.1) is 0 Å². The van der Waals surface area contributed by atoms with Crippen molar-refractivity contribution in [3.8, 4) is 22.9 Å². The lowest BCUT2D eigenvalue weighted by molar-refractivity contribution is -0.124. The number of ether oxygens (including phenoxy) is 1. The zero-order chi connectivity index (χ0) is 24.0. The number of carbonyl (C=O) groups excluding carboxylic acids is 2. The van der Waals surface area contributed by atoms with Crippen LogP contribution in [0.1, 0.15) is 19.5 Å². The molecule has 10 nitrogen and oxygen atoms in total. The summed E-state index contributed by atoms with van der Waals surface area (Å²) in [4.78, 5) is 42.3. The average Bonchev–Trinajstić information content (AvgIpc) is 3.36. The summed E-state index contributed by atoms with van der Waals surface area (Å²) in [7, 11) is 0. The normalized spacial score (nSPS) is 12.4. The SMILES string of the molecule is CC(=O)N(C(C)=O)c1ncnc2c1c(-c1ccc(Oc3nccc(C)n3)c(F)c1)c1n2CCN1. The Kier molecular flexibility index (Phi) is 5.16. The van der Waals surface area contributed by atoms with Crippen molar-refractivity contribution >= 4 is 34.5 Å². The smallest absolute Gasteiger partial charge is 0.322 e. The molecule has 11 heteroatoms. The number of rotatable bonds is 4. The minimum atomic E-state index is -0.623. The van der Waals surface area contributed by atoms with Gasteiger partial charge in [-0.05, 0) is 30.7 Å². The van der Waals surface area contributed by atoms with E-state index in [4.69, 9.17) is 4.74 Å². The Hall–Kier alpha value is -4.41. The maximum Gasteiger partial charge on any atom is 0.322 e. The van der Waals surface area contributed by atoms with Crippen LogP contribution in [-0.4, -0.2) is 42.9 Å². The van der Waals surface area contributed by atoms with Crippen molar-refractivity contribution in [2.24, 2.45) is 0 Å². The van der Waals surface area contributed by atoms with Crippen LogP contribution >= 0.6 is 0 Å². The molecule has 172 valence electrons. The number of nitrogens with zero attached hydrogens (tertiary/aromatic N) is 6. The number of hydrogen-bond donors (Lipinski definition) is 1. The molecular formula is C23H20FN7O3. The highest BCUT2D eigenvalue weighted by molar-refractivity contribution is 6.19. The minimum Gasteiger partial charge on any atom is -0.421 e. The Bertz CT molecular complexity index is 1450. The molecule has 0 fully saturated rings. The van der Waals surface area contributed by atoms with Gasteiger partial charge in [-0.1, -0.05) is 6.07 Å². The van der Waals surface area contributed by atoms with E-state index in [0.717, 1.165) is 4.90 Å². The van der Waals surface area contributed by atoms with Gasteiger partial charge in [0.25, 0.3) is 0 Å². The van der Waals surface area contributed by atoms with Crippen molar-refractivity contribution in [2.45, 2.75) is 27.3 Å². The molecule has 34 heavy (non-hydrogen) atoms. The van der Waals surface area contributed by atoms with E-state index >= 15 is 4.39 Å². The summed E-state index contributed by atoms with van der Waals surface area (Å²) in [5.41, 5.74) is 2.33. The summed E-state index contributed by atoms with van der Waals surface area (Å²) < 4.78 is 22.6. The first-order valence-electron chi connectivity index (χ1n) is 10.5. The lowest BCUT2D eigenvalue weighted by Crippen LogP contribution is -2.34. The van der Waals surface area contributed by atoms with Crippen LogP contribution in [0.2, 0.25) is 0 Å². The molecular weight excluding hydrogens is 441 g/mol. The first kappa shape index (κ1) is 21.4. The molecule has 0 atom stereocenters. The first-order valence-corrected chi connectivity index (χ1v) is 10.5. The van der Waals surface area contributed by atoms with Crippen LogP contribution in [0.25, 0.3) is 22.2 Å². The highest BCUT2D eigenvalue weighted by Gasteiger charge is 2.30. The van der Waals surface area contributed by atoms with Crippen LogP contribution in [0.5, 0.6) is 11.8 Å². The van der Waals surface area contributed by atoms with Crippen molar-refractivity contribution in [2.75, 3.05) is 16.8 Å². The van der Waals surface area contributed by atoms with Crippen LogP contribution in [0.3, 0.4) is 0 Å². The third-order valence-electron chi connectivity index (χ3n) is 5.48. The molecule has 2 amide bonds. The van der Waals surface area contributed by atoms with E-state index in [2.05, 4.69) is 25.3 Å². The number of aromatic nitrogens is 5. The van der Waals surface area contributed by atoms with E-state index in [1.54, 1.807) is 19.1 Å². The quantitative estimate of drug-likeness (QED) is 0.491. The molecule has 1 aliphatic rings. The number of halogens is 1. The summed E-state index contributed by atoms with van der Waals surface area (Å²) in [6.07, 6.45) is 2.84. The van der Waals surface area contributed by atoms with Gasteiger partial charge in [0.15, 0.2) is 17.4 Å². The van der Waals surface area contributed by atoms with Crippen LogP contribution in [-0.2, 0) is 16.1 Å². The number of imide groups is 1. The van der Waals surface area contributed by atoms with Crippen molar-refractivity contribution < 1.29 is 18.7 Å². The van der Waals surface area contributed by atoms with Gasteiger partial charge in [-0.3, -0.25) is 9.59 Å². The van der Waals surface area contributed by atoms with Gasteiger partial charge in [-0.2, -0.15) is 0 Å². The fraction of sp³-hybridized carbons (Fsp3) is 0.217. The van der Waals surface area contributed by atoms with Gasteiger partial charge in [-0.25, -0.2) is 29.2 Å². The van der Waals surface area contributed by atoms with Crippen LogP contribution in [0, 0.1) is 12.7 Å². The number of benzene rings is 1. The predicted molar refractivity (Wildman–Crippen MR) is 122 cm³/mol. The van der Waals surface area contributed by atoms with Crippen LogP contribution in [0.15, 0.2) is 36.8 Å². The fourth-order valence-corrected chi connectivity index (χ4v) is 4.13. The Morgan fingerprint density at radius 2 is 1.94 bits per heavy atom. The first-order chi connectivity index (χ1) is 16.3. The van der Waals surface area contributed by atoms with Crippen LogP contribution < -0.4 is 15.0 Å². The predicted octanol–water partition coefficient (Wildman–Crippen LogP) is 3.45. The van der Waals surface area contributed by atoms with Crippen molar-refractivity contribution in [3.05, 3.63) is 48.3 Å². The van der Waals surface area contributed by atoms with Gasteiger partial charge >= 0.3 is 6.01 Å². The Morgan fingerprint density at radius 1 is 1.15 bits per heavy atom. The number of fused-ring (bicyclic) bond motifs is 3. The molecule has 0 radical (unpaired) electrons. The Labute approximate surface area is 193 Å². The average molecular weight is 461 g/mol. The molecule has 4 heterocycles. The Morgan fingerprint density at radius 3 is 2.65 bits per heavy atom. The van der Waals surface area contributed by atoms with Crippen molar-refractivity contribution in [3.63, 3.8) is 0 Å². The minimum absolute atomic E-state index is 0.0342. The molecule has 1 aromatic carbocycles. The highest BCUT2D eigenvalue weighted by atomic mass is 19.1. The van der Waals surface area contributed by atoms with Gasteiger partial charge in [0.05, 0.1) is 5.39 Å². The van der Waals surface area contributed by atoms with Gasteiger partial charge in [0.2, 0.25) is 11.8 Å². The number of nitrogens with one attached hydrogen (secondary N) is 1. The number of anilines is 2. The molecule has 0 unspecified atom stereocenters. The van der Waals surface area contributed by atoms with Gasteiger partial charge < -0.3 is 14.6 Å². The number of carbonyl (C=O) groups is 2. The molecule has 4 aromatic rings. The summed E-state index contributed by atoms with van der Waals surface area (Å²) in [6.45, 7) is 5.64. The summed E-state index contributed by atoms with van der Waals surface area (Å²) in [5.74, 6) is -0.761. The summed E-state index contributed by atoms with van der Waals surface area (Å²) in [6, 6.07) is 6.25. The topological polar surface area (TPSA) is 115 Å². The van der Waals surface area contributed by atoms with Crippen LogP contribution in [0.4, 0.5) is 16.0 Å². The fourth-order valence-electron chi connectivity index (χ4n) is 4.13. The summed E-state index contributed by atoms with van der Waals surface area (Å²) >= 11 is 0. The molecule has 0 saturated heterocycles. The molecule has 1 N–H and O–H groups in total. The lowest BCUT2D eigenvalue weighted by Gasteiger charge is -2.17. The molecule has 5 rings (SSSR count). The third-order valence-corrected chi connectivity index (χ3v) is 5.48. The number of aryl methyl sites for hydroxylation is 1. The van der Waals surface area contributed by atoms with E-state index in [1.807, 2.05) is 4.57 Å². The van der Waals surface area contributed by atoms with Crippen molar-refractivity contribution in [1.82, 2.24) is 24.5 Å².